The van der Waals surface area contributed by atoms with Crippen LogP contribution in [-0.4, -0.2) is 48.8 Å². The lowest BCUT2D eigenvalue weighted by Gasteiger charge is -2.27. The summed E-state index contributed by atoms with van der Waals surface area (Å²) < 4.78 is 11.4. The number of carbonyl (C=O) groups excluding carboxylic acids is 1. The first-order chi connectivity index (χ1) is 19.2. The van der Waals surface area contributed by atoms with Crippen LogP contribution in [0.15, 0.2) is 91.0 Å². The van der Waals surface area contributed by atoms with Crippen LogP contribution in [0.2, 0.25) is 0 Å². The summed E-state index contributed by atoms with van der Waals surface area (Å²) in [5.41, 5.74) is 1.79. The van der Waals surface area contributed by atoms with Gasteiger partial charge in [-0.1, -0.05) is 48.6 Å². The van der Waals surface area contributed by atoms with Gasteiger partial charge in [-0.2, -0.15) is 0 Å². The number of Topliss-reactive ketones (excluding diaryl/α,β-unsaturated/α-hetero) is 1. The molecule has 0 amide bonds. The highest BCUT2D eigenvalue weighted by Gasteiger charge is 2.43. The Labute approximate surface area is 225 Å². The first-order valence-corrected chi connectivity index (χ1v) is 13.6. The van der Waals surface area contributed by atoms with Crippen molar-refractivity contribution >= 4 is 65.7 Å². The molecule has 0 N–H and O–H groups in total. The van der Waals surface area contributed by atoms with E-state index in [1.54, 1.807) is 0 Å². The Kier molecular flexibility index (Phi) is 4.45. The predicted molar refractivity (Wildman–Crippen MR) is 157 cm³/mol. The van der Waals surface area contributed by atoms with Gasteiger partial charge in [-0.25, -0.2) is 0 Å². The zero-order valence-corrected chi connectivity index (χ0v) is 21.3. The van der Waals surface area contributed by atoms with Crippen molar-refractivity contribution in [2.45, 2.75) is 18.2 Å². The largest absolute Gasteiger partial charge is 0.348 e. The summed E-state index contributed by atoms with van der Waals surface area (Å²) in [5, 5.41) is 12.1. The standard InChI is InChI=1S/C35H25NO3/c37-35-31-16-28-15-30-23(6-5-22-11-25-9-20-3-1-2-4-21(20)10-27(25)14-29(22)30)12-26(28)13-24(31)7-8-32(35)36-17-33-34(18-36)39-19-38-33/h1-16,32-34H,17-19H2. The molecule has 3 aliphatic rings. The maximum absolute atomic E-state index is 13.7. The number of ketones is 1. The fourth-order valence-electron chi connectivity index (χ4n) is 6.93. The Morgan fingerprint density at radius 2 is 1.18 bits per heavy atom. The molecule has 0 aromatic heterocycles. The van der Waals surface area contributed by atoms with Crippen LogP contribution in [-0.2, 0) is 9.47 Å². The second kappa shape index (κ2) is 7.96. The molecule has 4 heteroatoms. The minimum atomic E-state index is -0.268. The first kappa shape index (κ1) is 21.8. The maximum atomic E-state index is 13.7. The SMILES string of the molecule is O=C1c2cc3cc4c(ccc5cc6cc7ccccc7cc6cc54)cc3cc2C=CC1N1CC2OCOC2C1. The van der Waals surface area contributed by atoms with E-state index in [0.717, 1.165) is 35.0 Å². The average Bonchev–Trinajstić information content (AvgIpc) is 3.56. The van der Waals surface area contributed by atoms with E-state index in [4.69, 9.17) is 9.47 Å². The molecule has 3 unspecified atom stereocenters. The molecule has 2 aliphatic heterocycles. The van der Waals surface area contributed by atoms with Gasteiger partial charge < -0.3 is 9.47 Å². The molecule has 188 valence electrons. The number of nitrogens with zero attached hydrogens (tertiary/aromatic N) is 1. The fraction of sp³-hybridized carbons (Fsp3) is 0.171. The molecule has 0 saturated carbocycles. The molecule has 0 spiro atoms. The van der Waals surface area contributed by atoms with Crippen molar-refractivity contribution in [2.24, 2.45) is 0 Å². The Morgan fingerprint density at radius 1 is 0.615 bits per heavy atom. The fourth-order valence-corrected chi connectivity index (χ4v) is 6.93. The number of benzene rings is 6. The average molecular weight is 508 g/mol. The van der Waals surface area contributed by atoms with Gasteiger partial charge in [-0.3, -0.25) is 9.69 Å². The molecule has 9 rings (SSSR count). The summed E-state index contributed by atoms with van der Waals surface area (Å²) in [6.07, 6.45) is 4.29. The van der Waals surface area contributed by atoms with Crippen LogP contribution >= 0.6 is 0 Å². The lowest BCUT2D eigenvalue weighted by atomic mass is 9.88. The lowest BCUT2D eigenvalue weighted by Crippen LogP contribution is -2.41. The van der Waals surface area contributed by atoms with E-state index in [1.807, 2.05) is 6.08 Å². The van der Waals surface area contributed by atoms with Gasteiger partial charge >= 0.3 is 0 Å². The highest BCUT2D eigenvalue weighted by molar-refractivity contribution is 6.17. The van der Waals surface area contributed by atoms with Crippen molar-refractivity contribution in [3.05, 3.63) is 102 Å². The second-order valence-electron chi connectivity index (χ2n) is 11.2. The van der Waals surface area contributed by atoms with Crippen LogP contribution in [0.5, 0.6) is 0 Å². The molecular weight excluding hydrogens is 482 g/mol. The van der Waals surface area contributed by atoms with Crippen LogP contribution in [0.25, 0.3) is 59.9 Å². The highest BCUT2D eigenvalue weighted by Crippen LogP contribution is 2.36. The van der Waals surface area contributed by atoms with Crippen LogP contribution in [0.1, 0.15) is 15.9 Å². The third kappa shape index (κ3) is 3.26. The zero-order valence-electron chi connectivity index (χ0n) is 21.3. The van der Waals surface area contributed by atoms with Crippen molar-refractivity contribution in [1.82, 2.24) is 4.90 Å². The Hall–Kier alpha value is -4.09. The monoisotopic (exact) mass is 507 g/mol. The molecule has 6 aromatic rings. The van der Waals surface area contributed by atoms with E-state index in [9.17, 15) is 4.79 Å². The van der Waals surface area contributed by atoms with Crippen molar-refractivity contribution in [3.63, 3.8) is 0 Å². The third-order valence-corrected chi connectivity index (χ3v) is 8.98. The first-order valence-electron chi connectivity index (χ1n) is 13.6. The Morgan fingerprint density at radius 3 is 1.85 bits per heavy atom. The van der Waals surface area contributed by atoms with E-state index >= 15 is 0 Å². The molecule has 2 saturated heterocycles. The van der Waals surface area contributed by atoms with Crippen molar-refractivity contribution in [2.75, 3.05) is 19.9 Å². The molecular formula is C35H25NO3. The normalized spacial score (nSPS) is 23.0. The summed E-state index contributed by atoms with van der Waals surface area (Å²) in [7, 11) is 0. The molecule has 2 fully saturated rings. The number of ether oxygens (including phenoxy) is 2. The molecule has 6 aromatic carbocycles. The van der Waals surface area contributed by atoms with Crippen molar-refractivity contribution in [3.8, 4) is 0 Å². The molecule has 1 aliphatic carbocycles. The summed E-state index contributed by atoms with van der Waals surface area (Å²) in [5.74, 6) is 0.158. The van der Waals surface area contributed by atoms with Crippen LogP contribution < -0.4 is 0 Å². The molecule has 4 nitrogen and oxygen atoms in total. The summed E-state index contributed by atoms with van der Waals surface area (Å²) >= 11 is 0. The molecule has 2 heterocycles. The zero-order chi connectivity index (χ0) is 25.7. The number of likely N-dealkylation sites (tertiary alicyclic amines) is 1. The minimum Gasteiger partial charge on any atom is -0.348 e. The highest BCUT2D eigenvalue weighted by atomic mass is 16.7. The molecule has 39 heavy (non-hydrogen) atoms. The number of rotatable bonds is 1. The van der Waals surface area contributed by atoms with E-state index in [1.165, 1.54) is 43.1 Å². The van der Waals surface area contributed by atoms with E-state index in [-0.39, 0.29) is 24.0 Å². The summed E-state index contributed by atoms with van der Waals surface area (Å²) in [6.45, 7) is 1.82. The van der Waals surface area contributed by atoms with E-state index < -0.39 is 0 Å². The van der Waals surface area contributed by atoms with Crippen molar-refractivity contribution < 1.29 is 14.3 Å². The molecule has 0 radical (unpaired) electrons. The van der Waals surface area contributed by atoms with Crippen molar-refractivity contribution in [1.29, 1.82) is 0 Å². The van der Waals surface area contributed by atoms with Gasteiger partial charge in [0.25, 0.3) is 0 Å². The van der Waals surface area contributed by atoms with Gasteiger partial charge in [0.2, 0.25) is 0 Å². The van der Waals surface area contributed by atoms with Gasteiger partial charge in [0, 0.05) is 18.7 Å². The number of hydrogen-bond acceptors (Lipinski definition) is 4. The van der Waals surface area contributed by atoms with Gasteiger partial charge in [-0.15, -0.1) is 0 Å². The smallest absolute Gasteiger partial charge is 0.184 e. The lowest BCUT2D eigenvalue weighted by molar-refractivity contribution is 0.0124. The van der Waals surface area contributed by atoms with E-state index in [2.05, 4.69) is 95.9 Å². The van der Waals surface area contributed by atoms with E-state index in [0.29, 0.717) is 6.79 Å². The van der Waals surface area contributed by atoms with Crippen LogP contribution in [0, 0.1) is 0 Å². The minimum absolute atomic E-state index is 0.0675. The number of carbonyl (C=O) groups is 1. The van der Waals surface area contributed by atoms with Crippen LogP contribution in [0.4, 0.5) is 0 Å². The van der Waals surface area contributed by atoms with Crippen LogP contribution in [0.3, 0.4) is 0 Å². The quantitative estimate of drug-likeness (QED) is 0.176. The summed E-state index contributed by atoms with van der Waals surface area (Å²) in [6, 6.07) is 30.7. The van der Waals surface area contributed by atoms with Gasteiger partial charge in [0.1, 0.15) is 19.0 Å². The molecule has 3 atom stereocenters. The van der Waals surface area contributed by atoms with Gasteiger partial charge in [0.05, 0.1) is 6.04 Å². The number of hydrogen-bond donors (Lipinski definition) is 0. The third-order valence-electron chi connectivity index (χ3n) is 8.98. The second-order valence-corrected chi connectivity index (χ2v) is 11.2. The predicted octanol–water partition coefficient (Wildman–Crippen LogP) is 7.09. The maximum Gasteiger partial charge on any atom is 0.184 e. The Bertz CT molecular complexity index is 2050. The molecule has 0 bridgehead atoms. The van der Waals surface area contributed by atoms with Gasteiger partial charge in [-0.05, 0) is 108 Å². The van der Waals surface area contributed by atoms with Gasteiger partial charge in [0.15, 0.2) is 5.78 Å². The number of fused-ring (bicyclic) bond motifs is 8. The Balaban J connectivity index is 1.18. The summed E-state index contributed by atoms with van der Waals surface area (Å²) in [4.78, 5) is 15.9. The topological polar surface area (TPSA) is 38.8 Å².